The summed E-state index contributed by atoms with van der Waals surface area (Å²) < 4.78 is 7.34. The molecule has 1 heterocycles. The Hall–Kier alpha value is -1.65. The van der Waals surface area contributed by atoms with E-state index in [0.717, 1.165) is 11.3 Å². The van der Waals surface area contributed by atoms with Gasteiger partial charge in [0.2, 0.25) is 0 Å². The second kappa shape index (κ2) is 6.68. The van der Waals surface area contributed by atoms with Crippen molar-refractivity contribution in [3.05, 3.63) is 53.9 Å². The Labute approximate surface area is 120 Å². The van der Waals surface area contributed by atoms with Crippen LogP contribution in [0.5, 0.6) is 0 Å². The molecule has 0 saturated carbocycles. The number of benzene rings is 1. The van der Waals surface area contributed by atoms with Gasteiger partial charge in [-0.15, -0.1) is 0 Å². The monoisotopic (exact) mass is 274 g/mol. The van der Waals surface area contributed by atoms with Crippen molar-refractivity contribution in [3.8, 4) is 0 Å². The summed E-state index contributed by atoms with van der Waals surface area (Å²) in [5.74, 6) is 0. The largest absolute Gasteiger partial charge is 0.390 e. The van der Waals surface area contributed by atoms with Gasteiger partial charge < -0.3 is 9.84 Å². The minimum Gasteiger partial charge on any atom is -0.390 e. The summed E-state index contributed by atoms with van der Waals surface area (Å²) in [7, 11) is 1.62. The molecule has 2 unspecified atom stereocenters. The molecule has 0 amide bonds. The Morgan fingerprint density at radius 3 is 2.45 bits per heavy atom. The predicted octanol–water partition coefficient (Wildman–Crippen LogP) is 2.76. The number of rotatable bonds is 6. The van der Waals surface area contributed by atoms with E-state index >= 15 is 0 Å². The van der Waals surface area contributed by atoms with E-state index in [9.17, 15) is 5.11 Å². The number of hydrogen-bond donors (Lipinski definition) is 1. The molecule has 1 aromatic heterocycles. The van der Waals surface area contributed by atoms with Gasteiger partial charge >= 0.3 is 0 Å². The van der Waals surface area contributed by atoms with Crippen molar-refractivity contribution >= 4 is 0 Å². The van der Waals surface area contributed by atoms with Crippen molar-refractivity contribution in [2.45, 2.75) is 38.5 Å². The van der Waals surface area contributed by atoms with Gasteiger partial charge in [-0.3, -0.25) is 4.68 Å². The van der Waals surface area contributed by atoms with Crippen molar-refractivity contribution in [1.29, 1.82) is 0 Å². The number of hydrogen-bond acceptors (Lipinski definition) is 3. The minimum absolute atomic E-state index is 0.327. The van der Waals surface area contributed by atoms with Gasteiger partial charge in [0.25, 0.3) is 0 Å². The molecule has 0 bridgehead atoms. The molecule has 0 aliphatic rings. The second-order valence-electron chi connectivity index (χ2n) is 5.22. The first-order valence-corrected chi connectivity index (χ1v) is 6.91. The molecule has 0 spiro atoms. The highest BCUT2D eigenvalue weighted by atomic mass is 16.5. The van der Waals surface area contributed by atoms with Crippen LogP contribution in [-0.2, 0) is 11.2 Å². The lowest BCUT2D eigenvalue weighted by atomic mass is 10.0. The molecular weight excluding hydrogens is 252 g/mol. The molecule has 0 aliphatic heterocycles. The number of ether oxygens (including phenoxy) is 1. The smallest absolute Gasteiger partial charge is 0.108 e. The molecule has 2 aromatic rings. The van der Waals surface area contributed by atoms with E-state index in [-0.39, 0.29) is 6.10 Å². The molecule has 4 nitrogen and oxygen atoms in total. The highest BCUT2D eigenvalue weighted by molar-refractivity contribution is 5.19. The van der Waals surface area contributed by atoms with Gasteiger partial charge in [-0.25, -0.2) is 0 Å². The number of aliphatic hydroxyl groups excluding tert-OH is 1. The Morgan fingerprint density at radius 2 is 1.90 bits per heavy atom. The molecule has 108 valence electrons. The minimum atomic E-state index is -0.613. The summed E-state index contributed by atoms with van der Waals surface area (Å²) in [5.41, 5.74) is 1.86. The molecule has 0 saturated heterocycles. The number of methoxy groups -OCH3 is 1. The van der Waals surface area contributed by atoms with Crippen LogP contribution in [0, 0.1) is 0 Å². The van der Waals surface area contributed by atoms with Crippen LogP contribution in [0.2, 0.25) is 0 Å². The van der Waals surface area contributed by atoms with Crippen LogP contribution in [0.1, 0.15) is 37.3 Å². The van der Waals surface area contributed by atoms with Crippen LogP contribution in [0.4, 0.5) is 0 Å². The van der Waals surface area contributed by atoms with E-state index in [1.165, 1.54) is 0 Å². The highest BCUT2D eigenvalue weighted by Gasteiger charge is 2.21. The van der Waals surface area contributed by atoms with Gasteiger partial charge in [0.05, 0.1) is 11.8 Å². The van der Waals surface area contributed by atoms with Crippen LogP contribution < -0.4 is 0 Å². The van der Waals surface area contributed by atoms with Gasteiger partial charge in [0.15, 0.2) is 0 Å². The van der Waals surface area contributed by atoms with E-state index in [0.29, 0.717) is 12.5 Å². The van der Waals surface area contributed by atoms with Crippen molar-refractivity contribution in [1.82, 2.24) is 9.78 Å². The Kier molecular flexibility index (Phi) is 4.93. The molecule has 20 heavy (non-hydrogen) atoms. The molecule has 1 aromatic carbocycles. The number of aromatic nitrogens is 2. The molecular formula is C16H22N2O2. The molecule has 2 rings (SSSR count). The van der Waals surface area contributed by atoms with Crippen molar-refractivity contribution in [2.24, 2.45) is 0 Å². The van der Waals surface area contributed by atoms with E-state index < -0.39 is 6.10 Å². The maximum Gasteiger partial charge on any atom is 0.108 e. The third kappa shape index (κ3) is 3.46. The zero-order chi connectivity index (χ0) is 14.5. The molecule has 2 atom stereocenters. The summed E-state index contributed by atoms with van der Waals surface area (Å²) in [4.78, 5) is 0. The topological polar surface area (TPSA) is 47.3 Å². The first-order chi connectivity index (χ1) is 9.61. The normalized spacial score (nSPS) is 14.4. The van der Waals surface area contributed by atoms with E-state index in [1.54, 1.807) is 7.11 Å². The fourth-order valence-corrected chi connectivity index (χ4v) is 2.25. The number of nitrogens with zero attached hydrogens (tertiary/aromatic N) is 2. The van der Waals surface area contributed by atoms with Crippen molar-refractivity contribution < 1.29 is 9.84 Å². The highest BCUT2D eigenvalue weighted by Crippen LogP contribution is 2.22. The SMILES string of the molecule is COC(c1ccccc1)C(O)Cc1ccn(C(C)C)n1. The fraction of sp³-hybridized carbons (Fsp3) is 0.438. The van der Waals surface area contributed by atoms with Gasteiger partial charge in [-0.2, -0.15) is 5.10 Å². The van der Waals surface area contributed by atoms with Crippen LogP contribution in [0.25, 0.3) is 0 Å². The standard InChI is InChI=1S/C16H22N2O2/c1-12(2)18-10-9-14(17-18)11-15(19)16(20-3)13-7-5-4-6-8-13/h4-10,12,15-16,19H,11H2,1-3H3. The second-order valence-corrected chi connectivity index (χ2v) is 5.22. The maximum absolute atomic E-state index is 10.4. The lowest BCUT2D eigenvalue weighted by Crippen LogP contribution is -2.23. The van der Waals surface area contributed by atoms with Crippen molar-refractivity contribution in [3.63, 3.8) is 0 Å². The first-order valence-electron chi connectivity index (χ1n) is 6.91. The molecule has 0 aliphatic carbocycles. The average molecular weight is 274 g/mol. The Bertz CT molecular complexity index is 522. The molecule has 4 heteroatoms. The number of aliphatic hydroxyl groups is 1. The first kappa shape index (κ1) is 14.8. The summed E-state index contributed by atoms with van der Waals surface area (Å²) in [5, 5.41) is 14.9. The lowest BCUT2D eigenvalue weighted by Gasteiger charge is -2.21. The molecule has 0 fully saturated rings. The van der Waals surface area contributed by atoms with Gasteiger partial charge in [-0.05, 0) is 25.5 Å². The zero-order valence-electron chi connectivity index (χ0n) is 12.2. The molecule has 1 N–H and O–H groups in total. The van der Waals surface area contributed by atoms with E-state index in [2.05, 4.69) is 18.9 Å². The van der Waals surface area contributed by atoms with Crippen molar-refractivity contribution in [2.75, 3.05) is 7.11 Å². The average Bonchev–Trinajstić information content (AvgIpc) is 2.89. The Morgan fingerprint density at radius 1 is 1.20 bits per heavy atom. The summed E-state index contributed by atoms with van der Waals surface area (Å²) in [6.07, 6.45) is 1.47. The van der Waals surface area contributed by atoms with Gasteiger partial charge in [0, 0.05) is 25.8 Å². The third-order valence-corrected chi connectivity index (χ3v) is 3.34. The van der Waals surface area contributed by atoms with Gasteiger partial charge in [0.1, 0.15) is 6.10 Å². The summed E-state index contributed by atoms with van der Waals surface area (Å²) in [6, 6.07) is 12.0. The summed E-state index contributed by atoms with van der Waals surface area (Å²) >= 11 is 0. The van der Waals surface area contributed by atoms with Crippen LogP contribution in [0.3, 0.4) is 0 Å². The quantitative estimate of drug-likeness (QED) is 0.881. The van der Waals surface area contributed by atoms with E-state index in [4.69, 9.17) is 4.74 Å². The summed E-state index contributed by atoms with van der Waals surface area (Å²) in [6.45, 7) is 4.16. The molecule has 0 radical (unpaired) electrons. The van der Waals surface area contributed by atoms with Crippen LogP contribution >= 0.6 is 0 Å². The van der Waals surface area contributed by atoms with Gasteiger partial charge in [-0.1, -0.05) is 30.3 Å². The van der Waals surface area contributed by atoms with Crippen LogP contribution in [0.15, 0.2) is 42.6 Å². The van der Waals surface area contributed by atoms with E-state index in [1.807, 2.05) is 47.3 Å². The third-order valence-electron chi connectivity index (χ3n) is 3.34. The maximum atomic E-state index is 10.4. The lowest BCUT2D eigenvalue weighted by molar-refractivity contribution is -0.0133. The van der Waals surface area contributed by atoms with Crippen LogP contribution in [-0.4, -0.2) is 28.1 Å². The predicted molar refractivity (Wildman–Crippen MR) is 78.5 cm³/mol. The Balaban J connectivity index is 2.07. The fourth-order valence-electron chi connectivity index (χ4n) is 2.25. The zero-order valence-corrected chi connectivity index (χ0v) is 12.2.